The topological polar surface area (TPSA) is 62.2 Å². The van der Waals surface area contributed by atoms with Crippen molar-refractivity contribution in [2.45, 2.75) is 33.0 Å². The van der Waals surface area contributed by atoms with Gasteiger partial charge >= 0.3 is 12.1 Å². The van der Waals surface area contributed by atoms with E-state index in [1.165, 1.54) is 6.07 Å². The molecule has 0 radical (unpaired) electrons. The van der Waals surface area contributed by atoms with Crippen LogP contribution >= 0.6 is 0 Å². The Labute approximate surface area is 230 Å². The number of para-hydroxylation sites is 1. The average molecular weight is 541 g/mol. The highest BCUT2D eigenvalue weighted by Crippen LogP contribution is 2.39. The van der Waals surface area contributed by atoms with Gasteiger partial charge in [0.2, 0.25) is 0 Å². The maximum absolute atomic E-state index is 13.9. The second-order valence-electron chi connectivity index (χ2n) is 9.79. The molecule has 0 unspecified atom stereocenters. The number of aromatic nitrogens is 1. The van der Waals surface area contributed by atoms with Gasteiger partial charge in [0.15, 0.2) is 0 Å². The van der Waals surface area contributed by atoms with E-state index in [2.05, 4.69) is 10.3 Å². The fourth-order valence-corrected chi connectivity index (χ4v) is 5.06. The largest absolute Gasteiger partial charge is 0.478 e. The lowest BCUT2D eigenvalue weighted by Gasteiger charge is -2.17. The van der Waals surface area contributed by atoms with Gasteiger partial charge in [-0.15, -0.1) is 0 Å². The minimum atomic E-state index is -4.53. The molecule has 0 aliphatic carbocycles. The lowest BCUT2D eigenvalue weighted by molar-refractivity contribution is -0.136. The number of rotatable bonds is 7. The summed E-state index contributed by atoms with van der Waals surface area (Å²) in [6.07, 6.45) is -2.45. The van der Waals surface area contributed by atoms with E-state index in [1.54, 1.807) is 31.3 Å². The predicted molar refractivity (Wildman–Crippen MR) is 152 cm³/mol. The third-order valence-electron chi connectivity index (χ3n) is 7.23. The van der Waals surface area contributed by atoms with Crippen LogP contribution in [0, 0.1) is 13.8 Å². The van der Waals surface area contributed by atoms with Gasteiger partial charge in [-0.1, -0.05) is 60.7 Å². The van der Waals surface area contributed by atoms with E-state index in [0.29, 0.717) is 23.9 Å². The number of hydrogen-bond donors (Lipinski definition) is 2. The monoisotopic (exact) mass is 540 g/mol. The molecule has 0 saturated heterocycles. The summed E-state index contributed by atoms with van der Waals surface area (Å²) in [6, 6.07) is 25.0. The van der Waals surface area contributed by atoms with Crippen molar-refractivity contribution in [1.82, 2.24) is 4.98 Å². The van der Waals surface area contributed by atoms with Crippen molar-refractivity contribution in [2.24, 2.45) is 0 Å². The Morgan fingerprint density at radius 3 is 2.33 bits per heavy atom. The number of hydrogen-bond acceptors (Lipinski definition) is 3. The molecule has 0 bridgehead atoms. The fraction of sp³-hybridized carbons (Fsp3) is 0.152. The average Bonchev–Trinajstić information content (AvgIpc) is 2.93. The molecule has 4 nitrogen and oxygen atoms in total. The molecule has 0 aliphatic heterocycles. The van der Waals surface area contributed by atoms with Crippen molar-refractivity contribution in [3.8, 4) is 11.1 Å². The van der Waals surface area contributed by atoms with Crippen LogP contribution in [0.1, 0.15) is 43.7 Å². The molecule has 2 N–H and O–H groups in total. The minimum Gasteiger partial charge on any atom is -0.478 e. The van der Waals surface area contributed by atoms with Crippen molar-refractivity contribution < 1.29 is 23.1 Å². The van der Waals surface area contributed by atoms with Gasteiger partial charge in [0, 0.05) is 23.8 Å². The Kier molecular flexibility index (Phi) is 7.30. The smallest absolute Gasteiger partial charge is 0.418 e. The summed E-state index contributed by atoms with van der Waals surface area (Å²) in [5, 5.41) is 13.2. The van der Waals surface area contributed by atoms with Crippen LogP contribution in [0.3, 0.4) is 0 Å². The Bertz CT molecular complexity index is 1710. The van der Waals surface area contributed by atoms with E-state index < -0.39 is 17.7 Å². The molecule has 5 aromatic rings. The Morgan fingerprint density at radius 2 is 1.60 bits per heavy atom. The first-order valence-corrected chi connectivity index (χ1v) is 12.8. The number of halogens is 3. The number of carboxylic acids is 1. The zero-order valence-corrected chi connectivity index (χ0v) is 22.0. The van der Waals surface area contributed by atoms with Gasteiger partial charge in [-0.05, 0) is 83.5 Å². The summed E-state index contributed by atoms with van der Waals surface area (Å²) < 4.78 is 41.6. The maximum atomic E-state index is 13.9. The number of benzene rings is 4. The first kappa shape index (κ1) is 26.9. The number of fused-ring (bicyclic) bond motifs is 1. The molecule has 0 amide bonds. The lowest BCUT2D eigenvalue weighted by atomic mass is 9.91. The standard InChI is InChI=1S/C33H27F3N2O2/c1-20-21(2)29(15-14-26(20)32(39)40)37-18-23-10-6-11-24(17-23)30-25(16-22-8-4-3-5-9-22)19-38-31-27(30)12-7-13-28(31)33(34,35)36/h3-15,17,19,37H,16,18H2,1-2H3,(H,39,40). The first-order valence-electron chi connectivity index (χ1n) is 12.8. The van der Waals surface area contributed by atoms with Crippen LogP contribution in [0.4, 0.5) is 18.9 Å². The normalized spacial score (nSPS) is 11.5. The van der Waals surface area contributed by atoms with E-state index in [-0.39, 0.29) is 11.1 Å². The summed E-state index contributed by atoms with van der Waals surface area (Å²) in [6.45, 7) is 4.10. The van der Waals surface area contributed by atoms with Crippen LogP contribution in [0.25, 0.3) is 22.0 Å². The third kappa shape index (κ3) is 5.41. The van der Waals surface area contributed by atoms with Gasteiger partial charge in [0.05, 0.1) is 16.6 Å². The SMILES string of the molecule is Cc1c(NCc2cccc(-c3c(Cc4ccccc4)cnc4c(C(F)(F)F)cccc34)c2)ccc(C(=O)O)c1C. The van der Waals surface area contributed by atoms with Crippen LogP contribution in [0.15, 0.2) is 91.1 Å². The van der Waals surface area contributed by atoms with Crippen LogP contribution in [0.2, 0.25) is 0 Å². The number of pyridine rings is 1. The van der Waals surface area contributed by atoms with Gasteiger partial charge in [0.25, 0.3) is 0 Å². The minimum absolute atomic E-state index is 0.0741. The highest BCUT2D eigenvalue weighted by atomic mass is 19.4. The number of carboxylic acid groups (broad SMARTS) is 1. The molecule has 5 rings (SSSR count). The number of aromatic carboxylic acids is 1. The van der Waals surface area contributed by atoms with Crippen molar-refractivity contribution in [3.05, 3.63) is 130 Å². The van der Waals surface area contributed by atoms with Gasteiger partial charge in [0.1, 0.15) is 0 Å². The number of carbonyl (C=O) groups is 1. The molecule has 1 aromatic heterocycles. The van der Waals surface area contributed by atoms with Crippen LogP contribution in [-0.2, 0) is 19.1 Å². The number of nitrogens with zero attached hydrogens (tertiary/aromatic N) is 1. The van der Waals surface area contributed by atoms with Crippen LogP contribution in [-0.4, -0.2) is 16.1 Å². The molecule has 7 heteroatoms. The van der Waals surface area contributed by atoms with Crippen LogP contribution in [0.5, 0.6) is 0 Å². The molecule has 0 atom stereocenters. The van der Waals surface area contributed by atoms with E-state index in [1.807, 2.05) is 61.5 Å². The first-order chi connectivity index (χ1) is 19.1. The Morgan fingerprint density at radius 1 is 0.875 bits per heavy atom. The molecule has 202 valence electrons. The predicted octanol–water partition coefficient (Wildman–Crippen LogP) is 8.44. The molecule has 4 aromatic carbocycles. The summed E-state index contributed by atoms with van der Waals surface area (Å²) in [7, 11) is 0. The molecule has 0 aliphatic rings. The third-order valence-corrected chi connectivity index (χ3v) is 7.23. The summed E-state index contributed by atoms with van der Waals surface area (Å²) >= 11 is 0. The van der Waals surface area contributed by atoms with E-state index >= 15 is 0 Å². The molecule has 40 heavy (non-hydrogen) atoms. The van der Waals surface area contributed by atoms with Crippen molar-refractivity contribution in [2.75, 3.05) is 5.32 Å². The van der Waals surface area contributed by atoms with Gasteiger partial charge in [-0.2, -0.15) is 13.2 Å². The number of nitrogens with one attached hydrogen (secondary N) is 1. The molecule has 1 heterocycles. The highest BCUT2D eigenvalue weighted by Gasteiger charge is 2.33. The van der Waals surface area contributed by atoms with Gasteiger partial charge in [-0.3, -0.25) is 4.98 Å². The van der Waals surface area contributed by atoms with Crippen LogP contribution < -0.4 is 5.32 Å². The van der Waals surface area contributed by atoms with Gasteiger partial charge < -0.3 is 10.4 Å². The Hall–Kier alpha value is -4.65. The molecular weight excluding hydrogens is 513 g/mol. The fourth-order valence-electron chi connectivity index (χ4n) is 5.06. The second kappa shape index (κ2) is 10.8. The molecular formula is C33H27F3N2O2. The molecule has 0 fully saturated rings. The molecule has 0 saturated carbocycles. The zero-order valence-electron chi connectivity index (χ0n) is 22.0. The van der Waals surface area contributed by atoms with Crippen molar-refractivity contribution in [3.63, 3.8) is 0 Å². The zero-order chi connectivity index (χ0) is 28.4. The quantitative estimate of drug-likeness (QED) is 0.217. The highest BCUT2D eigenvalue weighted by molar-refractivity contribution is 5.98. The van der Waals surface area contributed by atoms with E-state index in [9.17, 15) is 23.1 Å². The number of alkyl halides is 3. The van der Waals surface area contributed by atoms with E-state index in [4.69, 9.17) is 0 Å². The second-order valence-corrected chi connectivity index (χ2v) is 9.79. The maximum Gasteiger partial charge on any atom is 0.418 e. The van der Waals surface area contributed by atoms with Crippen molar-refractivity contribution in [1.29, 1.82) is 0 Å². The summed E-state index contributed by atoms with van der Waals surface area (Å²) in [4.78, 5) is 15.8. The van der Waals surface area contributed by atoms with Crippen molar-refractivity contribution >= 4 is 22.6 Å². The lowest BCUT2D eigenvalue weighted by Crippen LogP contribution is -2.08. The Balaban J connectivity index is 1.57. The summed E-state index contributed by atoms with van der Waals surface area (Å²) in [5.41, 5.74) is 6.11. The van der Waals surface area contributed by atoms with E-state index in [0.717, 1.165) is 45.1 Å². The molecule has 0 spiro atoms. The summed E-state index contributed by atoms with van der Waals surface area (Å²) in [5.74, 6) is -0.968. The van der Waals surface area contributed by atoms with Gasteiger partial charge in [-0.25, -0.2) is 4.79 Å². The number of anilines is 1.